The molecule has 1 saturated heterocycles. The van der Waals surface area contributed by atoms with Crippen molar-refractivity contribution >= 4 is 6.29 Å². The van der Waals surface area contributed by atoms with Gasteiger partial charge in [0.15, 0.2) is 6.29 Å². The SMILES string of the molecule is C=C1[C@@]2(C=O)C[C@@H]3OC(O)[C@@]24CCCC[C@@]134. The third-order valence-electron chi connectivity index (χ3n) is 6.03. The molecule has 1 aliphatic heterocycles. The van der Waals surface area contributed by atoms with Gasteiger partial charge in [0.2, 0.25) is 0 Å². The number of rotatable bonds is 1. The predicted octanol–water partition coefficient (Wildman–Crippen LogP) is 1.41. The predicted molar refractivity (Wildman–Crippen MR) is 56.5 cm³/mol. The van der Waals surface area contributed by atoms with E-state index in [0.29, 0.717) is 0 Å². The second kappa shape index (κ2) is 2.29. The van der Waals surface area contributed by atoms with E-state index in [0.717, 1.165) is 37.5 Å². The third-order valence-corrected chi connectivity index (χ3v) is 6.03. The number of hydrogen-bond donors (Lipinski definition) is 1. The number of aliphatic hydroxyl groups is 1. The molecule has 16 heavy (non-hydrogen) atoms. The van der Waals surface area contributed by atoms with Crippen LogP contribution in [-0.2, 0) is 9.53 Å². The van der Waals surface area contributed by atoms with Crippen LogP contribution in [0, 0.1) is 16.2 Å². The largest absolute Gasteiger partial charge is 0.367 e. The molecule has 5 fully saturated rings. The van der Waals surface area contributed by atoms with E-state index >= 15 is 0 Å². The molecule has 5 aliphatic rings. The molecular weight excluding hydrogens is 204 g/mol. The second-order valence-corrected chi connectivity index (χ2v) is 5.90. The van der Waals surface area contributed by atoms with Gasteiger partial charge < -0.3 is 14.6 Å². The van der Waals surface area contributed by atoms with Crippen molar-refractivity contribution in [2.45, 2.75) is 44.5 Å². The van der Waals surface area contributed by atoms with Gasteiger partial charge in [-0.1, -0.05) is 25.0 Å². The highest BCUT2D eigenvalue weighted by atomic mass is 16.6. The van der Waals surface area contributed by atoms with Crippen molar-refractivity contribution in [3.8, 4) is 0 Å². The lowest BCUT2D eigenvalue weighted by Gasteiger charge is -2.65. The fourth-order valence-corrected chi connectivity index (χ4v) is 5.54. The summed E-state index contributed by atoms with van der Waals surface area (Å²) in [5.41, 5.74) is 0.208. The van der Waals surface area contributed by atoms with Gasteiger partial charge in [0.1, 0.15) is 6.29 Å². The van der Waals surface area contributed by atoms with Crippen LogP contribution in [0.4, 0.5) is 0 Å². The number of hydrogen-bond acceptors (Lipinski definition) is 3. The van der Waals surface area contributed by atoms with E-state index in [9.17, 15) is 9.90 Å². The smallest absolute Gasteiger partial charge is 0.162 e. The highest BCUT2D eigenvalue weighted by molar-refractivity contribution is 5.77. The van der Waals surface area contributed by atoms with Gasteiger partial charge in [-0.3, -0.25) is 0 Å². The zero-order valence-electron chi connectivity index (χ0n) is 9.24. The molecule has 0 aromatic carbocycles. The Balaban J connectivity index is 1.99. The fraction of sp³-hybridized carbons (Fsp3) is 0.769. The monoisotopic (exact) mass is 220 g/mol. The molecule has 1 heterocycles. The maximum Gasteiger partial charge on any atom is 0.162 e. The van der Waals surface area contributed by atoms with E-state index in [2.05, 4.69) is 6.58 Å². The summed E-state index contributed by atoms with van der Waals surface area (Å²) < 4.78 is 5.68. The van der Waals surface area contributed by atoms with Crippen molar-refractivity contribution in [1.82, 2.24) is 0 Å². The molecular formula is C13H16O3. The second-order valence-electron chi connectivity index (χ2n) is 5.90. The Morgan fingerprint density at radius 2 is 2.19 bits per heavy atom. The van der Waals surface area contributed by atoms with Crippen LogP contribution in [0.1, 0.15) is 32.1 Å². The first kappa shape index (κ1) is 9.37. The molecule has 1 unspecified atom stereocenters. The standard InChI is InChI=1S/C13H16O3/c1-8-11(7-14)6-9-12(8)4-2-3-5-13(11,12)10(15)16-9/h7,9-10,15H,1-6H2/t9-,10?,11-,12+,13-/m0/s1. The summed E-state index contributed by atoms with van der Waals surface area (Å²) >= 11 is 0. The van der Waals surface area contributed by atoms with Gasteiger partial charge in [-0.05, 0) is 19.3 Å². The molecule has 4 bridgehead atoms. The Hall–Kier alpha value is -0.670. The van der Waals surface area contributed by atoms with Gasteiger partial charge in [0.05, 0.1) is 11.5 Å². The molecule has 4 aliphatic carbocycles. The van der Waals surface area contributed by atoms with Gasteiger partial charge >= 0.3 is 0 Å². The van der Waals surface area contributed by atoms with Crippen LogP contribution < -0.4 is 0 Å². The van der Waals surface area contributed by atoms with Crippen molar-refractivity contribution in [2.24, 2.45) is 16.2 Å². The topological polar surface area (TPSA) is 46.5 Å². The van der Waals surface area contributed by atoms with Crippen molar-refractivity contribution in [1.29, 1.82) is 0 Å². The maximum atomic E-state index is 11.5. The minimum Gasteiger partial charge on any atom is -0.367 e. The molecule has 0 amide bonds. The normalized spacial score (nSPS) is 61.7. The molecule has 4 saturated carbocycles. The van der Waals surface area contributed by atoms with E-state index in [4.69, 9.17) is 4.74 Å². The van der Waals surface area contributed by atoms with Crippen LogP contribution in [0.2, 0.25) is 0 Å². The summed E-state index contributed by atoms with van der Waals surface area (Å²) in [6.45, 7) is 4.15. The molecule has 86 valence electrons. The van der Waals surface area contributed by atoms with E-state index in [1.165, 1.54) is 6.42 Å². The Labute approximate surface area is 94.5 Å². The van der Waals surface area contributed by atoms with Gasteiger partial charge in [-0.25, -0.2) is 0 Å². The minimum absolute atomic E-state index is 0.0421. The molecule has 5 atom stereocenters. The molecule has 1 spiro atoms. The molecule has 3 heteroatoms. The summed E-state index contributed by atoms with van der Waals surface area (Å²) in [4.78, 5) is 11.5. The first-order chi connectivity index (χ1) is 7.66. The number of aliphatic hydroxyl groups excluding tert-OH is 1. The van der Waals surface area contributed by atoms with E-state index < -0.39 is 11.7 Å². The van der Waals surface area contributed by atoms with Crippen molar-refractivity contribution in [3.05, 3.63) is 12.2 Å². The first-order valence-electron chi connectivity index (χ1n) is 6.15. The zero-order chi connectivity index (χ0) is 11.2. The maximum absolute atomic E-state index is 11.5. The Morgan fingerprint density at radius 3 is 2.94 bits per heavy atom. The molecule has 3 nitrogen and oxygen atoms in total. The van der Waals surface area contributed by atoms with Gasteiger partial charge in [-0.15, -0.1) is 0 Å². The van der Waals surface area contributed by atoms with Crippen LogP contribution >= 0.6 is 0 Å². The van der Waals surface area contributed by atoms with Crippen LogP contribution in [0.25, 0.3) is 0 Å². The third kappa shape index (κ3) is 0.522. The number of ether oxygens (including phenoxy) is 1. The molecule has 0 aromatic heterocycles. The number of aldehydes is 1. The average molecular weight is 220 g/mol. The van der Waals surface area contributed by atoms with Crippen LogP contribution in [0.15, 0.2) is 12.2 Å². The first-order valence-corrected chi connectivity index (χ1v) is 6.15. The average Bonchev–Trinajstić information content (AvgIpc) is 2.80. The Kier molecular flexibility index (Phi) is 1.34. The molecule has 5 rings (SSSR count). The van der Waals surface area contributed by atoms with Crippen molar-refractivity contribution in [2.75, 3.05) is 0 Å². The summed E-state index contributed by atoms with van der Waals surface area (Å²) in [6, 6.07) is 0. The molecule has 0 radical (unpaired) electrons. The lowest BCUT2D eigenvalue weighted by atomic mass is 9.36. The fourth-order valence-electron chi connectivity index (χ4n) is 5.54. The summed E-state index contributed by atoms with van der Waals surface area (Å²) in [5, 5.41) is 10.2. The van der Waals surface area contributed by atoms with Crippen molar-refractivity contribution in [3.63, 3.8) is 0 Å². The van der Waals surface area contributed by atoms with Gasteiger partial charge in [-0.2, -0.15) is 0 Å². The highest BCUT2D eigenvalue weighted by Gasteiger charge is 2.90. The molecule has 1 N–H and O–H groups in total. The van der Waals surface area contributed by atoms with E-state index in [1.807, 2.05) is 0 Å². The van der Waals surface area contributed by atoms with Gasteiger partial charge in [0.25, 0.3) is 0 Å². The zero-order valence-corrected chi connectivity index (χ0v) is 9.24. The quantitative estimate of drug-likeness (QED) is 0.537. The van der Waals surface area contributed by atoms with E-state index in [-0.39, 0.29) is 16.9 Å². The summed E-state index contributed by atoms with van der Waals surface area (Å²) in [6.07, 6.45) is 5.32. The van der Waals surface area contributed by atoms with Crippen molar-refractivity contribution < 1.29 is 14.6 Å². The summed E-state index contributed by atoms with van der Waals surface area (Å²) in [5.74, 6) is 0. The Bertz CT molecular complexity index is 417. The Morgan fingerprint density at radius 1 is 1.44 bits per heavy atom. The number of carbonyl (C=O) groups excluding carboxylic acids is 1. The summed E-state index contributed by atoms with van der Waals surface area (Å²) in [7, 11) is 0. The lowest BCUT2D eigenvalue weighted by Crippen LogP contribution is -2.66. The molecule has 0 aromatic rings. The lowest BCUT2D eigenvalue weighted by molar-refractivity contribution is -0.224. The van der Waals surface area contributed by atoms with Crippen LogP contribution in [0.3, 0.4) is 0 Å². The van der Waals surface area contributed by atoms with Crippen LogP contribution in [0.5, 0.6) is 0 Å². The van der Waals surface area contributed by atoms with Crippen LogP contribution in [-0.4, -0.2) is 23.8 Å². The van der Waals surface area contributed by atoms with Gasteiger partial charge in [0, 0.05) is 10.8 Å². The minimum atomic E-state index is -0.748. The highest BCUT2D eigenvalue weighted by Crippen LogP contribution is 2.88. The van der Waals surface area contributed by atoms with E-state index in [1.54, 1.807) is 0 Å². The number of carbonyl (C=O) groups is 1.